The van der Waals surface area contributed by atoms with Crippen LogP contribution in [0.1, 0.15) is 38.5 Å². The first-order valence-corrected chi connectivity index (χ1v) is 10.3. The fourth-order valence-corrected chi connectivity index (χ4v) is 3.90. The number of nitrogens with one attached hydrogen (secondary N) is 2. The van der Waals surface area contributed by atoms with Crippen molar-refractivity contribution in [3.05, 3.63) is 48.5 Å². The average molecular weight is 434 g/mol. The normalized spacial score (nSPS) is 16.1. The summed E-state index contributed by atoms with van der Waals surface area (Å²) in [6.07, 6.45) is 5.37. The largest absolute Gasteiger partial charge is 0.494 e. The molecule has 0 spiro atoms. The third-order valence-corrected chi connectivity index (χ3v) is 5.53. The summed E-state index contributed by atoms with van der Waals surface area (Å²) in [5.41, 5.74) is 8.42. The molecule has 2 atom stereocenters. The van der Waals surface area contributed by atoms with E-state index in [0.717, 1.165) is 24.2 Å². The van der Waals surface area contributed by atoms with Crippen molar-refractivity contribution in [3.8, 4) is 5.75 Å². The number of hydrogen-bond acceptors (Lipinski definition) is 5. The topological polar surface area (TPSA) is 96.6 Å². The summed E-state index contributed by atoms with van der Waals surface area (Å²) >= 11 is 0. The lowest BCUT2D eigenvalue weighted by atomic mass is 9.84. The van der Waals surface area contributed by atoms with Crippen molar-refractivity contribution in [1.29, 1.82) is 0 Å². The number of amides is 1. The summed E-state index contributed by atoms with van der Waals surface area (Å²) < 4.78 is 5.42. The summed E-state index contributed by atoms with van der Waals surface area (Å²) in [6, 6.07) is 14.6. The number of halogens is 1. The van der Waals surface area contributed by atoms with Gasteiger partial charge in [-0.1, -0.05) is 50.3 Å². The number of methoxy groups -OCH3 is 1. The zero-order chi connectivity index (χ0) is 20.6. The molecule has 5 N–H and O–H groups in total. The van der Waals surface area contributed by atoms with Crippen LogP contribution in [0.25, 0.3) is 0 Å². The van der Waals surface area contributed by atoms with Gasteiger partial charge in [0.15, 0.2) is 0 Å². The molecule has 1 fully saturated rings. The first-order valence-electron chi connectivity index (χ1n) is 10.3. The smallest absolute Gasteiger partial charge is 0.254 e. The summed E-state index contributed by atoms with van der Waals surface area (Å²) in [5, 5.41) is 16.4. The van der Waals surface area contributed by atoms with Gasteiger partial charge in [0.2, 0.25) is 0 Å². The van der Waals surface area contributed by atoms with E-state index in [0.29, 0.717) is 23.8 Å². The highest BCUT2D eigenvalue weighted by Crippen LogP contribution is 2.30. The molecule has 6 nitrogen and oxygen atoms in total. The zero-order valence-electron chi connectivity index (χ0n) is 17.3. The molecule has 1 unspecified atom stereocenters. The van der Waals surface area contributed by atoms with E-state index in [9.17, 15) is 9.90 Å². The van der Waals surface area contributed by atoms with Gasteiger partial charge in [0.25, 0.3) is 5.91 Å². The lowest BCUT2D eigenvalue weighted by molar-refractivity contribution is -0.125. The van der Waals surface area contributed by atoms with Crippen LogP contribution >= 0.6 is 12.4 Å². The molecular formula is C23H32ClN3O3. The molecule has 0 aromatic heterocycles. The Bertz CT molecular complexity index is 798. The summed E-state index contributed by atoms with van der Waals surface area (Å²) in [7, 11) is 1.54. The quantitative estimate of drug-likeness (QED) is 0.493. The molecule has 0 aliphatic heterocycles. The highest BCUT2D eigenvalue weighted by molar-refractivity contribution is 5.96. The number of rotatable bonds is 8. The van der Waals surface area contributed by atoms with Gasteiger partial charge in [-0.15, -0.1) is 12.4 Å². The molecule has 7 heteroatoms. The number of ether oxygens (including phenoxy) is 1. The van der Waals surface area contributed by atoms with Crippen LogP contribution in [0.2, 0.25) is 0 Å². The van der Waals surface area contributed by atoms with Crippen LogP contribution in [-0.4, -0.2) is 30.3 Å². The zero-order valence-corrected chi connectivity index (χ0v) is 18.2. The Labute approximate surface area is 184 Å². The van der Waals surface area contributed by atoms with Gasteiger partial charge in [-0.3, -0.25) is 4.79 Å². The van der Waals surface area contributed by atoms with Crippen LogP contribution in [0.5, 0.6) is 5.75 Å². The Morgan fingerprint density at radius 1 is 1.13 bits per heavy atom. The molecule has 1 saturated carbocycles. The molecule has 0 radical (unpaired) electrons. The minimum absolute atomic E-state index is 0. The van der Waals surface area contributed by atoms with Crippen LogP contribution in [0, 0.1) is 5.92 Å². The van der Waals surface area contributed by atoms with Crippen molar-refractivity contribution in [1.82, 2.24) is 0 Å². The first kappa shape index (κ1) is 24.0. The second-order valence-corrected chi connectivity index (χ2v) is 7.74. The standard InChI is InChI=1S/C23H31N3O3.ClH/c1-29-21-15-18(25-17-10-6-3-7-11-17)12-13-20(21)26-23(28)22(27)19(24)14-16-8-4-2-5-9-16;/h3,6-7,10-13,15-16,19,22,25,27H,2,4-5,8-9,14,24H2,1H3,(H,26,28);1H/t19-,22?;/m1./s1. The van der Waals surface area contributed by atoms with E-state index in [1.54, 1.807) is 19.2 Å². The fraction of sp³-hybridized carbons (Fsp3) is 0.435. The van der Waals surface area contributed by atoms with Gasteiger partial charge >= 0.3 is 0 Å². The number of nitrogens with two attached hydrogens (primary N) is 1. The van der Waals surface area contributed by atoms with Crippen molar-refractivity contribution in [3.63, 3.8) is 0 Å². The fourth-order valence-electron chi connectivity index (χ4n) is 3.90. The van der Waals surface area contributed by atoms with E-state index < -0.39 is 18.1 Å². The minimum Gasteiger partial charge on any atom is -0.494 e. The Morgan fingerprint density at radius 3 is 2.50 bits per heavy atom. The predicted octanol–water partition coefficient (Wildman–Crippen LogP) is 4.46. The second kappa shape index (κ2) is 11.8. The van der Waals surface area contributed by atoms with Crippen molar-refractivity contribution >= 4 is 35.4 Å². The molecule has 164 valence electrons. The highest BCUT2D eigenvalue weighted by atomic mass is 35.5. The SMILES string of the molecule is COc1cc(Nc2ccccc2)ccc1NC(=O)C(O)[C@H](N)CC1CCCCC1.Cl. The number of aliphatic hydroxyl groups excluding tert-OH is 1. The maximum atomic E-state index is 12.5. The second-order valence-electron chi connectivity index (χ2n) is 7.74. The molecule has 1 aliphatic rings. The van der Waals surface area contributed by atoms with Crippen molar-refractivity contribution < 1.29 is 14.6 Å². The Kier molecular flexibility index (Phi) is 9.43. The number of para-hydroxylation sites is 1. The lowest BCUT2D eigenvalue weighted by Gasteiger charge is -2.26. The van der Waals surface area contributed by atoms with E-state index in [1.165, 1.54) is 19.3 Å². The molecule has 0 heterocycles. The van der Waals surface area contributed by atoms with E-state index in [2.05, 4.69) is 10.6 Å². The Hall–Kier alpha value is -2.28. The number of anilines is 3. The molecule has 0 bridgehead atoms. The van der Waals surface area contributed by atoms with Gasteiger partial charge in [0, 0.05) is 23.5 Å². The van der Waals surface area contributed by atoms with Crippen LogP contribution in [0.4, 0.5) is 17.1 Å². The number of aliphatic hydroxyl groups is 1. The number of benzene rings is 2. The van der Waals surface area contributed by atoms with Crippen LogP contribution in [0.15, 0.2) is 48.5 Å². The van der Waals surface area contributed by atoms with Crippen molar-refractivity contribution in [2.24, 2.45) is 11.7 Å². The third-order valence-electron chi connectivity index (χ3n) is 5.53. The van der Waals surface area contributed by atoms with Crippen LogP contribution < -0.4 is 21.1 Å². The van der Waals surface area contributed by atoms with Gasteiger partial charge in [0.1, 0.15) is 11.9 Å². The molecule has 0 saturated heterocycles. The Balaban J connectivity index is 0.00000320. The lowest BCUT2D eigenvalue weighted by Crippen LogP contribution is -2.44. The summed E-state index contributed by atoms with van der Waals surface area (Å²) in [4.78, 5) is 12.5. The number of hydrogen-bond donors (Lipinski definition) is 4. The van der Waals surface area contributed by atoms with Gasteiger partial charge in [-0.25, -0.2) is 0 Å². The molecule has 3 rings (SSSR count). The monoisotopic (exact) mass is 433 g/mol. The Morgan fingerprint density at radius 2 is 1.83 bits per heavy atom. The molecular weight excluding hydrogens is 402 g/mol. The first-order chi connectivity index (χ1) is 14.1. The van der Waals surface area contributed by atoms with Gasteiger partial charge in [-0.05, 0) is 36.6 Å². The molecule has 1 amide bonds. The van der Waals surface area contributed by atoms with Gasteiger partial charge < -0.3 is 26.2 Å². The molecule has 2 aromatic rings. The van der Waals surface area contributed by atoms with Gasteiger partial charge in [-0.2, -0.15) is 0 Å². The molecule has 30 heavy (non-hydrogen) atoms. The van der Waals surface area contributed by atoms with Crippen LogP contribution in [-0.2, 0) is 4.79 Å². The van der Waals surface area contributed by atoms with E-state index in [-0.39, 0.29) is 12.4 Å². The van der Waals surface area contributed by atoms with Crippen molar-refractivity contribution in [2.75, 3.05) is 17.7 Å². The van der Waals surface area contributed by atoms with E-state index >= 15 is 0 Å². The molecule has 2 aromatic carbocycles. The van der Waals surface area contributed by atoms with Crippen LogP contribution in [0.3, 0.4) is 0 Å². The van der Waals surface area contributed by atoms with E-state index in [1.807, 2.05) is 36.4 Å². The maximum Gasteiger partial charge on any atom is 0.254 e. The predicted molar refractivity (Wildman–Crippen MR) is 124 cm³/mol. The molecule has 1 aliphatic carbocycles. The minimum atomic E-state index is -1.25. The number of carbonyl (C=O) groups is 1. The van der Waals surface area contributed by atoms with E-state index in [4.69, 9.17) is 10.5 Å². The highest BCUT2D eigenvalue weighted by Gasteiger charge is 2.27. The maximum absolute atomic E-state index is 12.5. The number of carbonyl (C=O) groups excluding carboxylic acids is 1. The average Bonchev–Trinajstić information content (AvgIpc) is 2.75. The van der Waals surface area contributed by atoms with Crippen molar-refractivity contribution in [2.45, 2.75) is 50.7 Å². The summed E-state index contributed by atoms with van der Waals surface area (Å²) in [5.74, 6) is 0.502. The van der Waals surface area contributed by atoms with Gasteiger partial charge in [0.05, 0.1) is 12.8 Å². The third kappa shape index (κ3) is 6.62. The summed E-state index contributed by atoms with van der Waals surface area (Å²) in [6.45, 7) is 0.